The number of fused-ring (bicyclic) bond motifs is 1. The number of hydrogen-bond donors (Lipinski definition) is 0. The second-order valence-corrected chi connectivity index (χ2v) is 8.16. The Kier molecular flexibility index (Phi) is 4.38. The van der Waals surface area contributed by atoms with Crippen LogP contribution in [0.4, 0.5) is 4.39 Å². The van der Waals surface area contributed by atoms with Crippen molar-refractivity contribution in [1.82, 2.24) is 9.88 Å². The molecule has 0 bridgehead atoms. The quantitative estimate of drug-likeness (QED) is 0.568. The number of halogens is 1. The first-order chi connectivity index (χ1) is 13.3. The molecule has 0 spiro atoms. The van der Waals surface area contributed by atoms with E-state index in [-0.39, 0.29) is 5.82 Å². The highest BCUT2D eigenvalue weighted by Gasteiger charge is 2.28. The first kappa shape index (κ1) is 16.8. The smallest absolute Gasteiger partial charge is 0.123 e. The average Bonchev–Trinajstić information content (AvgIpc) is 3.35. The van der Waals surface area contributed by atoms with Crippen LogP contribution in [0.2, 0.25) is 0 Å². The molecule has 0 saturated carbocycles. The maximum absolute atomic E-state index is 13.4. The molecule has 1 unspecified atom stereocenters. The Labute approximate surface area is 163 Å². The van der Waals surface area contributed by atoms with E-state index in [0.29, 0.717) is 6.04 Å². The molecule has 5 rings (SSSR count). The number of nitrogens with zero attached hydrogens (tertiary/aromatic N) is 2. The van der Waals surface area contributed by atoms with Crippen LogP contribution in [0.15, 0.2) is 60.2 Å². The minimum Gasteiger partial charge on any atom is -0.297 e. The molecule has 2 aromatic heterocycles. The van der Waals surface area contributed by atoms with E-state index in [1.54, 1.807) is 23.5 Å². The van der Waals surface area contributed by atoms with E-state index in [1.165, 1.54) is 46.5 Å². The number of aromatic nitrogens is 1. The Hall–Kier alpha value is -2.30. The van der Waals surface area contributed by atoms with Gasteiger partial charge in [0.05, 0.1) is 0 Å². The van der Waals surface area contributed by atoms with Gasteiger partial charge in [0.1, 0.15) is 5.82 Å². The van der Waals surface area contributed by atoms with Crippen LogP contribution < -0.4 is 0 Å². The summed E-state index contributed by atoms with van der Waals surface area (Å²) >= 11 is 1.75. The number of rotatable bonds is 3. The van der Waals surface area contributed by atoms with Crippen LogP contribution in [0, 0.1) is 5.82 Å². The van der Waals surface area contributed by atoms with E-state index in [1.807, 2.05) is 24.5 Å². The van der Waals surface area contributed by atoms with Crippen molar-refractivity contribution in [3.8, 4) is 21.6 Å². The zero-order valence-electron chi connectivity index (χ0n) is 15.1. The topological polar surface area (TPSA) is 16.1 Å². The second-order valence-electron chi connectivity index (χ2n) is 7.28. The molecule has 0 N–H and O–H groups in total. The first-order valence-electron chi connectivity index (χ1n) is 9.52. The van der Waals surface area contributed by atoms with E-state index in [0.717, 1.165) is 18.5 Å². The van der Waals surface area contributed by atoms with E-state index >= 15 is 0 Å². The van der Waals surface area contributed by atoms with Crippen LogP contribution in [0.3, 0.4) is 0 Å². The van der Waals surface area contributed by atoms with Gasteiger partial charge in [-0.1, -0.05) is 18.2 Å². The van der Waals surface area contributed by atoms with Crippen LogP contribution in [-0.2, 0) is 0 Å². The van der Waals surface area contributed by atoms with Crippen molar-refractivity contribution in [2.75, 3.05) is 13.1 Å². The lowest BCUT2D eigenvalue weighted by atomic mass is 9.91. The molecule has 2 nitrogen and oxygen atoms in total. The highest BCUT2D eigenvalue weighted by Crippen LogP contribution is 2.44. The SMILES string of the molecule is Fc1ccc(-c2scc(C3=CC4CCCN4CC3)c2-c2ccncc2)cc1. The highest BCUT2D eigenvalue weighted by molar-refractivity contribution is 7.14. The summed E-state index contributed by atoms with van der Waals surface area (Å²) in [5.41, 5.74) is 6.28. The van der Waals surface area contributed by atoms with Crippen LogP contribution in [0.1, 0.15) is 24.8 Å². The molecule has 27 heavy (non-hydrogen) atoms. The molecule has 2 aliphatic heterocycles. The summed E-state index contributed by atoms with van der Waals surface area (Å²) in [5, 5.41) is 2.28. The van der Waals surface area contributed by atoms with Gasteiger partial charge in [0.15, 0.2) is 0 Å². The minimum atomic E-state index is -0.197. The third-order valence-electron chi connectivity index (χ3n) is 5.69. The van der Waals surface area contributed by atoms with Crippen molar-refractivity contribution in [3.63, 3.8) is 0 Å². The Morgan fingerprint density at radius 2 is 1.81 bits per heavy atom. The lowest BCUT2D eigenvalue weighted by molar-refractivity contribution is 0.288. The van der Waals surface area contributed by atoms with Crippen LogP contribution >= 0.6 is 11.3 Å². The van der Waals surface area contributed by atoms with Gasteiger partial charge < -0.3 is 0 Å². The molecule has 1 atom stereocenters. The van der Waals surface area contributed by atoms with Gasteiger partial charge in [-0.2, -0.15) is 0 Å². The summed E-state index contributed by atoms with van der Waals surface area (Å²) in [6.45, 7) is 2.38. The fourth-order valence-electron chi connectivity index (χ4n) is 4.34. The van der Waals surface area contributed by atoms with Gasteiger partial charge in [-0.05, 0) is 77.7 Å². The highest BCUT2D eigenvalue weighted by atomic mass is 32.1. The van der Waals surface area contributed by atoms with Crippen LogP contribution in [-0.4, -0.2) is 29.0 Å². The van der Waals surface area contributed by atoms with Gasteiger partial charge in [0.2, 0.25) is 0 Å². The lowest BCUT2D eigenvalue weighted by Crippen LogP contribution is -2.32. The van der Waals surface area contributed by atoms with Crippen molar-refractivity contribution >= 4 is 16.9 Å². The molecular weight excluding hydrogens is 355 g/mol. The lowest BCUT2D eigenvalue weighted by Gasteiger charge is -2.28. The summed E-state index contributed by atoms with van der Waals surface area (Å²) < 4.78 is 13.4. The van der Waals surface area contributed by atoms with Crippen molar-refractivity contribution in [1.29, 1.82) is 0 Å². The summed E-state index contributed by atoms with van der Waals surface area (Å²) in [6, 6.07) is 11.6. The van der Waals surface area contributed by atoms with Crippen LogP contribution in [0.25, 0.3) is 27.1 Å². The molecule has 0 radical (unpaired) electrons. The maximum Gasteiger partial charge on any atom is 0.123 e. The summed E-state index contributed by atoms with van der Waals surface area (Å²) in [6.07, 6.45) is 9.84. The summed E-state index contributed by atoms with van der Waals surface area (Å²) in [7, 11) is 0. The van der Waals surface area contributed by atoms with Crippen molar-refractivity contribution in [2.24, 2.45) is 0 Å². The van der Waals surface area contributed by atoms with Gasteiger partial charge in [0, 0.05) is 35.4 Å². The molecule has 0 aliphatic carbocycles. The van der Waals surface area contributed by atoms with Gasteiger partial charge in [-0.15, -0.1) is 11.3 Å². The van der Waals surface area contributed by atoms with Crippen molar-refractivity contribution in [3.05, 3.63) is 71.6 Å². The Balaban J connectivity index is 1.65. The molecule has 4 heterocycles. The van der Waals surface area contributed by atoms with Crippen molar-refractivity contribution < 1.29 is 4.39 Å². The zero-order valence-corrected chi connectivity index (χ0v) is 15.9. The Morgan fingerprint density at radius 1 is 1.00 bits per heavy atom. The fourth-order valence-corrected chi connectivity index (χ4v) is 5.46. The monoisotopic (exact) mass is 376 g/mol. The summed E-state index contributed by atoms with van der Waals surface area (Å²) in [5.74, 6) is -0.197. The molecule has 3 aromatic rings. The summed E-state index contributed by atoms with van der Waals surface area (Å²) in [4.78, 5) is 7.99. The predicted octanol–water partition coefficient (Wildman–Crippen LogP) is 5.87. The fraction of sp³-hybridized carbons (Fsp3) is 0.261. The van der Waals surface area contributed by atoms with Gasteiger partial charge >= 0.3 is 0 Å². The third kappa shape index (κ3) is 3.13. The molecule has 1 fully saturated rings. The number of benzene rings is 1. The number of pyridine rings is 1. The zero-order chi connectivity index (χ0) is 18.2. The normalized spacial score (nSPS) is 19.7. The number of thiophene rings is 1. The average molecular weight is 377 g/mol. The molecule has 2 aliphatic rings. The second kappa shape index (κ2) is 7.02. The van der Waals surface area contributed by atoms with E-state index < -0.39 is 0 Å². The standard InChI is InChI=1S/C23H21FN2S/c24-19-5-3-17(4-6-19)23-22(16-7-10-25-11-8-16)21(15-27-23)18-9-13-26-12-1-2-20(26)14-18/h3-8,10-11,14-15,20H,1-2,9,12-13H2. The molecule has 4 heteroatoms. The first-order valence-corrected chi connectivity index (χ1v) is 10.4. The molecule has 0 amide bonds. The maximum atomic E-state index is 13.4. The molecular formula is C23H21FN2S. The Bertz CT molecular complexity index is 975. The number of hydrogen-bond acceptors (Lipinski definition) is 3. The van der Waals surface area contributed by atoms with E-state index in [9.17, 15) is 4.39 Å². The molecule has 1 aromatic carbocycles. The largest absolute Gasteiger partial charge is 0.297 e. The molecule has 1 saturated heterocycles. The molecule has 136 valence electrons. The Morgan fingerprint density at radius 3 is 2.63 bits per heavy atom. The van der Waals surface area contributed by atoms with Gasteiger partial charge in [-0.25, -0.2) is 4.39 Å². The van der Waals surface area contributed by atoms with Crippen LogP contribution in [0.5, 0.6) is 0 Å². The van der Waals surface area contributed by atoms with E-state index in [4.69, 9.17) is 0 Å². The van der Waals surface area contributed by atoms with Gasteiger partial charge in [-0.3, -0.25) is 9.88 Å². The van der Waals surface area contributed by atoms with E-state index in [2.05, 4.69) is 33.5 Å². The predicted molar refractivity (Wildman–Crippen MR) is 110 cm³/mol. The third-order valence-corrected chi connectivity index (χ3v) is 6.72. The van der Waals surface area contributed by atoms with Gasteiger partial charge in [0.25, 0.3) is 0 Å². The van der Waals surface area contributed by atoms with Crippen molar-refractivity contribution in [2.45, 2.75) is 25.3 Å². The minimum absolute atomic E-state index is 0.197.